The second kappa shape index (κ2) is 4.31. The van der Waals surface area contributed by atoms with Crippen molar-refractivity contribution in [3.8, 4) is 0 Å². The number of likely N-dealkylation sites (tertiary alicyclic amines) is 1. The molecule has 0 radical (unpaired) electrons. The van der Waals surface area contributed by atoms with Crippen LogP contribution in [-0.2, 0) is 9.59 Å². The molecule has 2 fully saturated rings. The van der Waals surface area contributed by atoms with Gasteiger partial charge in [-0.05, 0) is 40.0 Å². The lowest BCUT2D eigenvalue weighted by Gasteiger charge is -2.34. The molecule has 4 heteroatoms. The van der Waals surface area contributed by atoms with E-state index >= 15 is 0 Å². The van der Waals surface area contributed by atoms with Gasteiger partial charge in [-0.1, -0.05) is 0 Å². The van der Waals surface area contributed by atoms with E-state index in [1.165, 1.54) is 6.42 Å². The standard InChI is InChI=1S/C13H22N2O2/c1-13(2,3)14-12(17)9-7-11(16)15(8-9)10-5-4-6-10/h9-10H,4-8H2,1-3H3,(H,14,17). The molecule has 0 aromatic heterocycles. The molecule has 96 valence electrons. The van der Waals surface area contributed by atoms with Crippen molar-refractivity contribution in [1.82, 2.24) is 10.2 Å². The fraction of sp³-hybridized carbons (Fsp3) is 0.846. The molecule has 1 atom stereocenters. The third-order valence-electron chi connectivity index (χ3n) is 3.54. The minimum absolute atomic E-state index is 0.0210. The first-order valence-electron chi connectivity index (χ1n) is 6.48. The van der Waals surface area contributed by atoms with Gasteiger partial charge in [-0.2, -0.15) is 0 Å². The Bertz CT molecular complexity index is 329. The number of hydrogen-bond donors (Lipinski definition) is 1. The van der Waals surface area contributed by atoms with Crippen LogP contribution in [0.4, 0.5) is 0 Å². The minimum Gasteiger partial charge on any atom is -0.351 e. The second-order valence-electron chi connectivity index (χ2n) is 6.27. The summed E-state index contributed by atoms with van der Waals surface area (Å²) in [5, 5.41) is 2.96. The van der Waals surface area contributed by atoms with Gasteiger partial charge < -0.3 is 10.2 Å². The molecule has 2 rings (SSSR count). The Morgan fingerprint density at radius 2 is 2.00 bits per heavy atom. The van der Waals surface area contributed by atoms with E-state index in [1.54, 1.807) is 0 Å². The molecule has 1 unspecified atom stereocenters. The van der Waals surface area contributed by atoms with Crippen molar-refractivity contribution in [2.75, 3.05) is 6.54 Å². The molecule has 1 saturated carbocycles. The summed E-state index contributed by atoms with van der Waals surface area (Å²) in [4.78, 5) is 25.7. The van der Waals surface area contributed by atoms with E-state index in [1.807, 2.05) is 25.7 Å². The van der Waals surface area contributed by atoms with E-state index in [0.717, 1.165) is 12.8 Å². The average molecular weight is 238 g/mol. The molecule has 1 heterocycles. The van der Waals surface area contributed by atoms with E-state index < -0.39 is 0 Å². The summed E-state index contributed by atoms with van der Waals surface area (Å²) in [6.45, 7) is 6.51. The Hall–Kier alpha value is -1.06. The lowest BCUT2D eigenvalue weighted by molar-refractivity contribution is -0.131. The lowest BCUT2D eigenvalue weighted by Crippen LogP contribution is -2.45. The molecule has 1 N–H and O–H groups in total. The zero-order chi connectivity index (χ0) is 12.6. The highest BCUT2D eigenvalue weighted by Crippen LogP contribution is 2.30. The fourth-order valence-corrected chi connectivity index (χ4v) is 2.43. The summed E-state index contributed by atoms with van der Waals surface area (Å²) in [5.74, 6) is 0.0266. The highest BCUT2D eigenvalue weighted by Gasteiger charge is 2.40. The van der Waals surface area contributed by atoms with Crippen LogP contribution in [-0.4, -0.2) is 34.8 Å². The summed E-state index contributed by atoms with van der Waals surface area (Å²) in [6.07, 6.45) is 3.82. The van der Waals surface area contributed by atoms with E-state index in [9.17, 15) is 9.59 Å². The van der Waals surface area contributed by atoms with Crippen LogP contribution in [0.25, 0.3) is 0 Å². The number of hydrogen-bond acceptors (Lipinski definition) is 2. The summed E-state index contributed by atoms with van der Waals surface area (Å²) >= 11 is 0. The van der Waals surface area contributed by atoms with Gasteiger partial charge >= 0.3 is 0 Å². The summed E-state index contributed by atoms with van der Waals surface area (Å²) in [5.41, 5.74) is -0.218. The van der Waals surface area contributed by atoms with Crippen molar-refractivity contribution in [3.63, 3.8) is 0 Å². The third kappa shape index (κ3) is 2.79. The van der Waals surface area contributed by atoms with Crippen LogP contribution in [0.3, 0.4) is 0 Å². The number of nitrogens with one attached hydrogen (secondary N) is 1. The van der Waals surface area contributed by atoms with Gasteiger partial charge in [-0.3, -0.25) is 9.59 Å². The maximum atomic E-state index is 12.0. The molecule has 0 aromatic carbocycles. The Balaban J connectivity index is 1.91. The van der Waals surface area contributed by atoms with Crippen LogP contribution in [0.5, 0.6) is 0 Å². The molecule has 17 heavy (non-hydrogen) atoms. The summed E-state index contributed by atoms with van der Waals surface area (Å²) in [6, 6.07) is 0.412. The predicted octanol–water partition coefficient (Wildman–Crippen LogP) is 1.30. The maximum absolute atomic E-state index is 12.0. The van der Waals surface area contributed by atoms with Crippen molar-refractivity contribution in [1.29, 1.82) is 0 Å². The number of rotatable bonds is 2. The monoisotopic (exact) mass is 238 g/mol. The van der Waals surface area contributed by atoms with E-state index in [4.69, 9.17) is 0 Å². The first-order chi connectivity index (χ1) is 7.87. The smallest absolute Gasteiger partial charge is 0.225 e. The Morgan fingerprint density at radius 1 is 1.35 bits per heavy atom. The van der Waals surface area contributed by atoms with Crippen molar-refractivity contribution < 1.29 is 9.59 Å². The van der Waals surface area contributed by atoms with Crippen LogP contribution in [0.2, 0.25) is 0 Å². The predicted molar refractivity (Wildman–Crippen MR) is 65.4 cm³/mol. The Kier molecular flexibility index (Phi) is 3.15. The Morgan fingerprint density at radius 3 is 2.47 bits per heavy atom. The van der Waals surface area contributed by atoms with Crippen LogP contribution >= 0.6 is 0 Å². The first-order valence-corrected chi connectivity index (χ1v) is 6.48. The highest BCUT2D eigenvalue weighted by atomic mass is 16.2. The number of amides is 2. The molecule has 1 aliphatic heterocycles. The van der Waals surface area contributed by atoms with Gasteiger partial charge in [0.15, 0.2) is 0 Å². The second-order valence-corrected chi connectivity index (χ2v) is 6.27. The molecule has 1 aliphatic carbocycles. The zero-order valence-electron chi connectivity index (χ0n) is 11.0. The molecule has 0 bridgehead atoms. The van der Waals surface area contributed by atoms with Gasteiger partial charge in [0.1, 0.15) is 0 Å². The van der Waals surface area contributed by atoms with Crippen molar-refractivity contribution in [2.45, 2.75) is 58.0 Å². The number of nitrogens with zero attached hydrogens (tertiary/aromatic N) is 1. The summed E-state index contributed by atoms with van der Waals surface area (Å²) < 4.78 is 0. The van der Waals surface area contributed by atoms with Gasteiger partial charge in [-0.25, -0.2) is 0 Å². The molecular formula is C13H22N2O2. The normalized spacial score (nSPS) is 25.9. The minimum atomic E-state index is -0.218. The quantitative estimate of drug-likeness (QED) is 0.788. The molecule has 0 spiro atoms. The van der Waals surface area contributed by atoms with Crippen molar-refractivity contribution >= 4 is 11.8 Å². The van der Waals surface area contributed by atoms with Crippen LogP contribution in [0.15, 0.2) is 0 Å². The number of carbonyl (C=O) groups is 2. The molecule has 2 amide bonds. The van der Waals surface area contributed by atoms with Gasteiger partial charge in [0.05, 0.1) is 5.92 Å². The molecule has 4 nitrogen and oxygen atoms in total. The van der Waals surface area contributed by atoms with Gasteiger partial charge in [0.2, 0.25) is 11.8 Å². The van der Waals surface area contributed by atoms with Gasteiger partial charge in [0.25, 0.3) is 0 Å². The van der Waals surface area contributed by atoms with Crippen LogP contribution in [0, 0.1) is 5.92 Å². The van der Waals surface area contributed by atoms with E-state index in [-0.39, 0.29) is 23.3 Å². The molecule has 1 saturated heterocycles. The lowest BCUT2D eigenvalue weighted by atomic mass is 9.92. The maximum Gasteiger partial charge on any atom is 0.225 e. The Labute approximate surface area is 103 Å². The molecule has 2 aliphatic rings. The zero-order valence-corrected chi connectivity index (χ0v) is 11.0. The van der Waals surface area contributed by atoms with Crippen LogP contribution in [0.1, 0.15) is 46.5 Å². The topological polar surface area (TPSA) is 49.4 Å². The average Bonchev–Trinajstić information content (AvgIpc) is 2.42. The SMILES string of the molecule is CC(C)(C)NC(=O)C1CC(=O)N(C2CCC2)C1. The van der Waals surface area contributed by atoms with Crippen LogP contribution < -0.4 is 5.32 Å². The third-order valence-corrected chi connectivity index (χ3v) is 3.54. The molecular weight excluding hydrogens is 216 g/mol. The van der Waals surface area contributed by atoms with E-state index in [0.29, 0.717) is 19.0 Å². The summed E-state index contributed by atoms with van der Waals surface area (Å²) in [7, 11) is 0. The largest absolute Gasteiger partial charge is 0.351 e. The highest BCUT2D eigenvalue weighted by molar-refractivity contribution is 5.89. The van der Waals surface area contributed by atoms with Crippen molar-refractivity contribution in [3.05, 3.63) is 0 Å². The van der Waals surface area contributed by atoms with Gasteiger partial charge in [0, 0.05) is 24.5 Å². The van der Waals surface area contributed by atoms with Crippen molar-refractivity contribution in [2.24, 2.45) is 5.92 Å². The van der Waals surface area contributed by atoms with E-state index in [2.05, 4.69) is 5.32 Å². The number of carbonyl (C=O) groups excluding carboxylic acids is 2. The molecule has 0 aromatic rings. The van der Waals surface area contributed by atoms with Gasteiger partial charge in [-0.15, -0.1) is 0 Å². The first kappa shape index (κ1) is 12.4. The fourth-order valence-electron chi connectivity index (χ4n) is 2.43.